The molecule has 0 spiro atoms. The maximum atomic E-state index is 13.1. The van der Waals surface area contributed by atoms with Crippen molar-refractivity contribution in [2.45, 2.75) is 33.4 Å². The van der Waals surface area contributed by atoms with Crippen LogP contribution < -0.4 is 10.1 Å². The van der Waals surface area contributed by atoms with Gasteiger partial charge in [0.25, 0.3) is 5.91 Å². The molecule has 2 aromatic rings. The molecule has 1 aliphatic heterocycles. The van der Waals surface area contributed by atoms with Crippen LogP contribution in [0.25, 0.3) is 0 Å². The summed E-state index contributed by atoms with van der Waals surface area (Å²) in [6.07, 6.45) is 0. The monoisotopic (exact) mass is 429 g/mol. The second kappa shape index (κ2) is 10.6. The fourth-order valence-electron chi connectivity index (χ4n) is 3.57. The summed E-state index contributed by atoms with van der Waals surface area (Å²) in [7, 11) is 0. The van der Waals surface area contributed by atoms with Crippen LogP contribution in [0.1, 0.15) is 36.7 Å². The van der Waals surface area contributed by atoms with Crippen molar-refractivity contribution in [1.82, 2.24) is 15.1 Å². The molecule has 6 nitrogen and oxygen atoms in total. The van der Waals surface area contributed by atoms with Crippen LogP contribution in [0, 0.1) is 5.92 Å². The largest absolute Gasteiger partial charge is 0.494 e. The molecule has 0 bridgehead atoms. The van der Waals surface area contributed by atoms with E-state index >= 15 is 0 Å². The topological polar surface area (TPSA) is 61.9 Å². The molecule has 2 amide bonds. The Kier molecular flexibility index (Phi) is 7.87. The molecule has 0 aliphatic carbocycles. The van der Waals surface area contributed by atoms with Crippen LogP contribution in [0.5, 0.6) is 5.75 Å². The van der Waals surface area contributed by atoms with Crippen LogP contribution in [0.3, 0.4) is 0 Å². The lowest BCUT2D eigenvalue weighted by molar-refractivity contribution is -0.136. The summed E-state index contributed by atoms with van der Waals surface area (Å²) in [4.78, 5) is 30.1. The molecule has 3 rings (SSSR count). The molecule has 1 N–H and O–H groups in total. The summed E-state index contributed by atoms with van der Waals surface area (Å²) in [5, 5.41) is 7.21. The second-order valence-corrected chi connectivity index (χ2v) is 8.67. The van der Waals surface area contributed by atoms with E-state index in [-0.39, 0.29) is 17.7 Å². The number of thiophene rings is 1. The van der Waals surface area contributed by atoms with Crippen LogP contribution >= 0.6 is 11.3 Å². The zero-order valence-corrected chi connectivity index (χ0v) is 18.8. The lowest BCUT2D eigenvalue weighted by Crippen LogP contribution is -2.56. The minimum atomic E-state index is -0.535. The van der Waals surface area contributed by atoms with Gasteiger partial charge in [0.1, 0.15) is 11.8 Å². The number of piperazine rings is 1. The number of carbonyl (C=O) groups is 2. The normalized spacial score (nSPS) is 15.8. The van der Waals surface area contributed by atoms with Crippen molar-refractivity contribution in [1.29, 1.82) is 0 Å². The van der Waals surface area contributed by atoms with Gasteiger partial charge < -0.3 is 15.0 Å². The number of hydrogen-bond acceptors (Lipinski definition) is 5. The van der Waals surface area contributed by atoms with Crippen molar-refractivity contribution < 1.29 is 14.3 Å². The van der Waals surface area contributed by atoms with E-state index in [0.29, 0.717) is 25.3 Å². The zero-order chi connectivity index (χ0) is 21.5. The van der Waals surface area contributed by atoms with E-state index in [0.717, 1.165) is 25.4 Å². The van der Waals surface area contributed by atoms with Crippen LogP contribution in [0.4, 0.5) is 0 Å². The number of benzene rings is 1. The first-order chi connectivity index (χ1) is 14.5. The van der Waals surface area contributed by atoms with Crippen molar-refractivity contribution in [3.63, 3.8) is 0 Å². The van der Waals surface area contributed by atoms with Crippen molar-refractivity contribution in [3.8, 4) is 5.75 Å². The predicted molar refractivity (Wildman–Crippen MR) is 120 cm³/mol. The van der Waals surface area contributed by atoms with Gasteiger partial charge in [-0.15, -0.1) is 0 Å². The lowest BCUT2D eigenvalue weighted by atomic mass is 10.0. The summed E-state index contributed by atoms with van der Waals surface area (Å²) < 4.78 is 5.42. The van der Waals surface area contributed by atoms with Gasteiger partial charge in [0, 0.05) is 38.3 Å². The van der Waals surface area contributed by atoms with Crippen molar-refractivity contribution in [2.24, 2.45) is 5.92 Å². The molecular formula is C23H31N3O3S. The summed E-state index contributed by atoms with van der Waals surface area (Å²) in [5.41, 5.74) is 1.85. The fraction of sp³-hybridized carbons (Fsp3) is 0.478. The van der Waals surface area contributed by atoms with Gasteiger partial charge in [0.15, 0.2) is 0 Å². The number of amides is 2. The van der Waals surface area contributed by atoms with E-state index in [1.807, 2.05) is 25.7 Å². The predicted octanol–water partition coefficient (Wildman–Crippen LogP) is 3.25. The third-order valence-corrected chi connectivity index (χ3v) is 6.05. The molecule has 0 saturated carbocycles. The van der Waals surface area contributed by atoms with Crippen LogP contribution in [0.15, 0.2) is 41.1 Å². The van der Waals surface area contributed by atoms with Gasteiger partial charge in [-0.3, -0.25) is 14.5 Å². The van der Waals surface area contributed by atoms with E-state index in [1.54, 1.807) is 35.6 Å². The Morgan fingerprint density at radius 1 is 1.10 bits per heavy atom. The number of rotatable bonds is 8. The number of ether oxygens (including phenoxy) is 1. The molecular weight excluding hydrogens is 398 g/mol. The quantitative estimate of drug-likeness (QED) is 0.700. The van der Waals surface area contributed by atoms with Gasteiger partial charge in [-0.2, -0.15) is 11.3 Å². The summed E-state index contributed by atoms with van der Waals surface area (Å²) in [6.45, 7) is 10.4. The summed E-state index contributed by atoms with van der Waals surface area (Å²) >= 11 is 1.71. The summed E-state index contributed by atoms with van der Waals surface area (Å²) in [5.74, 6) is 0.500. The molecule has 1 aromatic carbocycles. The van der Waals surface area contributed by atoms with Crippen LogP contribution in [-0.4, -0.2) is 60.4 Å². The van der Waals surface area contributed by atoms with Crippen LogP contribution in [0.2, 0.25) is 0 Å². The number of nitrogens with zero attached hydrogens (tertiary/aromatic N) is 2. The highest BCUT2D eigenvalue weighted by Gasteiger charge is 2.31. The van der Waals surface area contributed by atoms with Gasteiger partial charge in [-0.25, -0.2) is 0 Å². The van der Waals surface area contributed by atoms with Crippen LogP contribution in [-0.2, 0) is 11.3 Å². The molecule has 7 heteroatoms. The van der Waals surface area contributed by atoms with Gasteiger partial charge in [-0.05, 0) is 59.5 Å². The Morgan fingerprint density at radius 2 is 1.80 bits per heavy atom. The first-order valence-corrected chi connectivity index (χ1v) is 11.5. The average molecular weight is 430 g/mol. The molecule has 0 radical (unpaired) electrons. The highest BCUT2D eigenvalue weighted by atomic mass is 32.1. The Bertz CT molecular complexity index is 813. The molecule has 1 aliphatic rings. The number of carbonyl (C=O) groups excluding carboxylic acids is 2. The van der Waals surface area contributed by atoms with Crippen molar-refractivity contribution in [2.75, 3.05) is 32.8 Å². The Morgan fingerprint density at radius 3 is 2.37 bits per heavy atom. The smallest absolute Gasteiger partial charge is 0.251 e. The van der Waals surface area contributed by atoms with Gasteiger partial charge in [0.2, 0.25) is 5.91 Å². The third-order valence-electron chi connectivity index (χ3n) is 5.32. The van der Waals surface area contributed by atoms with Crippen molar-refractivity contribution in [3.05, 3.63) is 52.2 Å². The molecule has 1 aromatic heterocycles. The molecule has 1 fully saturated rings. The molecule has 1 saturated heterocycles. The molecule has 30 heavy (non-hydrogen) atoms. The molecule has 0 unspecified atom stereocenters. The van der Waals surface area contributed by atoms with E-state index in [1.165, 1.54) is 5.56 Å². The van der Waals surface area contributed by atoms with E-state index in [9.17, 15) is 9.59 Å². The zero-order valence-electron chi connectivity index (χ0n) is 18.0. The number of nitrogens with one attached hydrogen (secondary N) is 1. The standard InChI is InChI=1S/C23H31N3O3S/c1-4-29-20-7-5-19(6-8-20)22(27)24-21(17(2)3)23(28)26-12-10-25(11-13-26)15-18-9-14-30-16-18/h5-9,14,16-17,21H,4,10-13,15H2,1-3H3,(H,24,27)/t21-/m1/s1. The molecule has 162 valence electrons. The summed E-state index contributed by atoms with van der Waals surface area (Å²) in [6, 6.07) is 8.62. The molecule has 1 atom stereocenters. The minimum absolute atomic E-state index is 0.000491. The molecule has 2 heterocycles. The SMILES string of the molecule is CCOc1ccc(C(=O)N[C@@H](C(=O)N2CCN(Cc3ccsc3)CC2)C(C)C)cc1. The van der Waals surface area contributed by atoms with E-state index in [4.69, 9.17) is 4.74 Å². The Hall–Kier alpha value is -2.38. The number of hydrogen-bond donors (Lipinski definition) is 1. The third kappa shape index (κ3) is 5.83. The van der Waals surface area contributed by atoms with Crippen molar-refractivity contribution >= 4 is 23.2 Å². The highest BCUT2D eigenvalue weighted by molar-refractivity contribution is 7.07. The van der Waals surface area contributed by atoms with E-state index in [2.05, 4.69) is 27.0 Å². The minimum Gasteiger partial charge on any atom is -0.494 e. The van der Waals surface area contributed by atoms with Gasteiger partial charge >= 0.3 is 0 Å². The first-order valence-electron chi connectivity index (χ1n) is 10.5. The Balaban J connectivity index is 1.56. The van der Waals surface area contributed by atoms with Gasteiger partial charge in [-0.1, -0.05) is 13.8 Å². The van der Waals surface area contributed by atoms with E-state index < -0.39 is 6.04 Å². The first kappa shape index (κ1) is 22.3. The fourth-order valence-corrected chi connectivity index (χ4v) is 4.23. The average Bonchev–Trinajstić information content (AvgIpc) is 3.25. The maximum Gasteiger partial charge on any atom is 0.251 e. The lowest BCUT2D eigenvalue weighted by Gasteiger charge is -2.37. The highest BCUT2D eigenvalue weighted by Crippen LogP contribution is 2.16. The van der Waals surface area contributed by atoms with Gasteiger partial charge in [0.05, 0.1) is 6.61 Å². The second-order valence-electron chi connectivity index (χ2n) is 7.89. The Labute approximate surface area is 182 Å². The maximum absolute atomic E-state index is 13.1.